The smallest absolute Gasteiger partial charge is 0.333 e. The summed E-state index contributed by atoms with van der Waals surface area (Å²) in [5.41, 5.74) is 7.12. The number of carbonyl (C=O) groups excluding carboxylic acids is 1. The minimum absolute atomic E-state index is 0.214. The van der Waals surface area contributed by atoms with Gasteiger partial charge in [-0.3, -0.25) is 0 Å². The van der Waals surface area contributed by atoms with Gasteiger partial charge in [0, 0.05) is 5.57 Å². The number of benzene rings is 2. The molecule has 0 N–H and O–H groups in total. The quantitative estimate of drug-likeness (QED) is 0.518. The number of hydrogen-bond acceptors (Lipinski definition) is 2. The van der Waals surface area contributed by atoms with E-state index in [0.717, 1.165) is 17.6 Å². The summed E-state index contributed by atoms with van der Waals surface area (Å²) in [6.45, 7) is 4.22. The van der Waals surface area contributed by atoms with Crippen molar-refractivity contribution in [1.29, 1.82) is 0 Å². The van der Waals surface area contributed by atoms with Crippen LogP contribution in [0.3, 0.4) is 0 Å². The molecular formula is C20H20O2. The van der Waals surface area contributed by atoms with E-state index in [1.54, 1.807) is 0 Å². The minimum Gasteiger partial charge on any atom is -0.463 e. The number of carbonyl (C=O) groups is 1. The zero-order valence-corrected chi connectivity index (χ0v) is 13.1. The van der Waals surface area contributed by atoms with Gasteiger partial charge in [-0.25, -0.2) is 4.79 Å². The lowest BCUT2D eigenvalue weighted by Crippen LogP contribution is -2.06. The molecule has 22 heavy (non-hydrogen) atoms. The van der Waals surface area contributed by atoms with Gasteiger partial charge in [0.15, 0.2) is 0 Å². The molecular weight excluding hydrogens is 272 g/mol. The van der Waals surface area contributed by atoms with Crippen molar-refractivity contribution in [1.82, 2.24) is 0 Å². The highest BCUT2D eigenvalue weighted by atomic mass is 16.5. The molecule has 2 aromatic carbocycles. The van der Waals surface area contributed by atoms with Crippen molar-refractivity contribution in [3.8, 4) is 11.1 Å². The summed E-state index contributed by atoms with van der Waals surface area (Å²) in [6, 6.07) is 14.9. The van der Waals surface area contributed by atoms with Gasteiger partial charge in [-0.1, -0.05) is 49.4 Å². The first kappa shape index (κ1) is 14.6. The summed E-state index contributed by atoms with van der Waals surface area (Å²) in [7, 11) is 0. The van der Waals surface area contributed by atoms with Gasteiger partial charge in [0.25, 0.3) is 0 Å². The highest BCUT2D eigenvalue weighted by molar-refractivity contribution is 5.93. The first-order valence-corrected chi connectivity index (χ1v) is 7.81. The average molecular weight is 292 g/mol. The average Bonchev–Trinajstić information content (AvgIpc) is 2.90. The molecule has 0 radical (unpaired) electrons. The molecule has 0 fully saturated rings. The summed E-state index contributed by atoms with van der Waals surface area (Å²) in [5.74, 6) is -0.214. The number of esters is 1. The lowest BCUT2D eigenvalue weighted by Gasteiger charge is -2.06. The first-order chi connectivity index (χ1) is 10.7. The third kappa shape index (κ3) is 2.69. The van der Waals surface area contributed by atoms with Crippen LogP contribution in [0.15, 0.2) is 48.0 Å². The van der Waals surface area contributed by atoms with E-state index in [2.05, 4.69) is 42.5 Å². The van der Waals surface area contributed by atoms with Crippen LogP contribution in [0.5, 0.6) is 0 Å². The summed E-state index contributed by atoms with van der Waals surface area (Å²) in [6.07, 6.45) is 3.59. The monoisotopic (exact) mass is 292 g/mol. The maximum Gasteiger partial charge on any atom is 0.333 e. The molecule has 1 aliphatic carbocycles. The molecule has 0 unspecified atom stereocenters. The Bertz CT molecular complexity index is 741. The van der Waals surface area contributed by atoms with E-state index in [9.17, 15) is 4.79 Å². The van der Waals surface area contributed by atoms with Crippen LogP contribution in [0.4, 0.5) is 0 Å². The van der Waals surface area contributed by atoms with Crippen molar-refractivity contribution >= 4 is 12.0 Å². The van der Waals surface area contributed by atoms with Gasteiger partial charge in [0.05, 0.1) is 6.61 Å². The maximum absolute atomic E-state index is 11.9. The normalized spacial score (nSPS) is 12.7. The van der Waals surface area contributed by atoms with Gasteiger partial charge < -0.3 is 4.74 Å². The second kappa shape index (κ2) is 6.18. The minimum atomic E-state index is -0.214. The van der Waals surface area contributed by atoms with Crippen LogP contribution in [-0.4, -0.2) is 12.6 Å². The zero-order valence-electron chi connectivity index (χ0n) is 13.1. The van der Waals surface area contributed by atoms with Gasteiger partial charge in [0.2, 0.25) is 0 Å². The summed E-state index contributed by atoms with van der Waals surface area (Å²) < 4.78 is 5.10. The number of rotatable bonds is 4. The van der Waals surface area contributed by atoms with Crippen LogP contribution in [0.1, 0.15) is 37.0 Å². The lowest BCUT2D eigenvalue weighted by atomic mass is 10.0. The highest BCUT2D eigenvalue weighted by Gasteiger charge is 2.17. The number of hydrogen-bond donors (Lipinski definition) is 0. The van der Waals surface area contributed by atoms with E-state index >= 15 is 0 Å². The molecule has 3 rings (SSSR count). The first-order valence-electron chi connectivity index (χ1n) is 7.81. The molecule has 1 aliphatic rings. The molecule has 0 amide bonds. The molecule has 2 aromatic rings. The molecule has 0 spiro atoms. The van der Waals surface area contributed by atoms with E-state index < -0.39 is 0 Å². The van der Waals surface area contributed by atoms with Crippen LogP contribution in [-0.2, 0) is 16.0 Å². The molecule has 112 valence electrons. The van der Waals surface area contributed by atoms with Crippen molar-refractivity contribution in [2.75, 3.05) is 6.61 Å². The summed E-state index contributed by atoms with van der Waals surface area (Å²) in [5, 5.41) is 0. The predicted octanol–water partition coefficient (Wildman–Crippen LogP) is 4.61. The van der Waals surface area contributed by atoms with E-state index in [1.165, 1.54) is 22.3 Å². The molecule has 0 aliphatic heterocycles. The molecule has 0 aromatic heterocycles. The topological polar surface area (TPSA) is 26.3 Å². The fraction of sp³-hybridized carbons (Fsp3) is 0.250. The van der Waals surface area contributed by atoms with Crippen LogP contribution in [0, 0.1) is 0 Å². The molecule has 2 nitrogen and oxygen atoms in total. The third-order valence-electron chi connectivity index (χ3n) is 4.08. The third-order valence-corrected chi connectivity index (χ3v) is 4.08. The van der Waals surface area contributed by atoms with E-state index in [-0.39, 0.29) is 5.97 Å². The van der Waals surface area contributed by atoms with E-state index in [1.807, 2.05) is 19.9 Å². The molecule has 0 bridgehead atoms. The lowest BCUT2D eigenvalue weighted by molar-refractivity contribution is -0.138. The molecule has 0 saturated carbocycles. The van der Waals surface area contributed by atoms with Crippen LogP contribution >= 0.6 is 0 Å². The molecule has 0 heterocycles. The zero-order chi connectivity index (χ0) is 15.5. The van der Waals surface area contributed by atoms with Crippen LogP contribution in [0.2, 0.25) is 0 Å². The Hall–Kier alpha value is -2.35. The highest BCUT2D eigenvalue weighted by Crippen LogP contribution is 2.37. The van der Waals surface area contributed by atoms with E-state index in [0.29, 0.717) is 13.0 Å². The van der Waals surface area contributed by atoms with Gasteiger partial charge in [-0.05, 0) is 53.7 Å². The van der Waals surface area contributed by atoms with Crippen molar-refractivity contribution in [2.45, 2.75) is 26.7 Å². The Balaban J connectivity index is 1.92. The fourth-order valence-corrected chi connectivity index (χ4v) is 2.99. The van der Waals surface area contributed by atoms with Gasteiger partial charge in [-0.2, -0.15) is 0 Å². The van der Waals surface area contributed by atoms with Gasteiger partial charge in [0.1, 0.15) is 0 Å². The molecule has 0 saturated heterocycles. The second-order valence-corrected chi connectivity index (χ2v) is 5.49. The maximum atomic E-state index is 11.9. The van der Waals surface area contributed by atoms with Crippen molar-refractivity contribution in [3.63, 3.8) is 0 Å². The molecule has 0 atom stereocenters. The number of fused-ring (bicyclic) bond motifs is 3. The summed E-state index contributed by atoms with van der Waals surface area (Å²) >= 11 is 0. The van der Waals surface area contributed by atoms with Gasteiger partial charge in [-0.15, -0.1) is 0 Å². The predicted molar refractivity (Wildman–Crippen MR) is 89.6 cm³/mol. The van der Waals surface area contributed by atoms with Crippen molar-refractivity contribution in [3.05, 3.63) is 64.7 Å². The van der Waals surface area contributed by atoms with Crippen molar-refractivity contribution < 1.29 is 9.53 Å². The summed E-state index contributed by atoms with van der Waals surface area (Å²) in [4.78, 5) is 11.9. The SMILES string of the molecule is CCOC(=O)C(=Cc1ccc2c(c1)Cc1ccccc1-2)CC. The fourth-order valence-electron chi connectivity index (χ4n) is 2.99. The van der Waals surface area contributed by atoms with Crippen LogP contribution < -0.4 is 0 Å². The Kier molecular flexibility index (Phi) is 4.10. The number of ether oxygens (including phenoxy) is 1. The standard InChI is InChI=1S/C20H20O2/c1-3-15(20(21)22-4-2)11-14-9-10-19-17(12-14)13-16-7-5-6-8-18(16)19/h5-12H,3-4,13H2,1-2H3. The van der Waals surface area contributed by atoms with Gasteiger partial charge >= 0.3 is 5.97 Å². The Labute approximate surface area is 131 Å². The Morgan fingerprint density at radius 3 is 2.64 bits per heavy atom. The largest absolute Gasteiger partial charge is 0.463 e. The second-order valence-electron chi connectivity index (χ2n) is 5.49. The molecule has 2 heteroatoms. The Morgan fingerprint density at radius 2 is 1.86 bits per heavy atom. The van der Waals surface area contributed by atoms with Crippen LogP contribution in [0.25, 0.3) is 17.2 Å². The Morgan fingerprint density at radius 1 is 1.09 bits per heavy atom. The van der Waals surface area contributed by atoms with E-state index in [4.69, 9.17) is 4.74 Å². The van der Waals surface area contributed by atoms with Crippen molar-refractivity contribution in [2.24, 2.45) is 0 Å².